The Balaban J connectivity index is 1.42. The zero-order valence-corrected chi connectivity index (χ0v) is 18.2. The van der Waals surface area contributed by atoms with Crippen LogP contribution in [0.25, 0.3) is 11.1 Å². The van der Waals surface area contributed by atoms with Gasteiger partial charge in [0, 0.05) is 29.5 Å². The van der Waals surface area contributed by atoms with E-state index in [2.05, 4.69) is 28.1 Å². The van der Waals surface area contributed by atoms with Crippen molar-refractivity contribution in [3.8, 4) is 16.9 Å². The highest BCUT2D eigenvalue weighted by Crippen LogP contribution is 2.29. The van der Waals surface area contributed by atoms with Crippen LogP contribution in [0.5, 0.6) is 5.75 Å². The molecule has 0 spiro atoms. The number of hydrogen-bond acceptors (Lipinski definition) is 6. The van der Waals surface area contributed by atoms with Gasteiger partial charge < -0.3 is 20.1 Å². The Morgan fingerprint density at radius 1 is 1.23 bits per heavy atom. The van der Waals surface area contributed by atoms with Gasteiger partial charge in [-0.1, -0.05) is 42.6 Å². The van der Waals surface area contributed by atoms with E-state index in [0.29, 0.717) is 28.4 Å². The number of aliphatic carboxylic acids is 1. The Hall–Kier alpha value is -3.17. The lowest BCUT2D eigenvalue weighted by Crippen LogP contribution is -2.43. The standard InChI is InChI=1S/C22H22N4O3S2/c27-22(28)18-9-1-2-10-26(18)16-7-4-8-17(12-16)29-13-23-15-6-3-5-14(11-15)19-20(30)24-25-21(19)31/h1-8,11-12,18,23H,9-10,13H2,(H,27,28)(H3,24,25,30,31). The highest BCUT2D eigenvalue weighted by atomic mass is 32.1. The molecule has 2 heterocycles. The number of hydrogen-bond donors (Lipinski definition) is 5. The fourth-order valence-electron chi connectivity index (χ4n) is 3.54. The summed E-state index contributed by atoms with van der Waals surface area (Å²) in [5, 5.41) is 19.2. The molecule has 0 amide bonds. The molecule has 9 heteroatoms. The second-order valence-electron chi connectivity index (χ2n) is 7.06. The highest BCUT2D eigenvalue weighted by molar-refractivity contribution is 7.80. The van der Waals surface area contributed by atoms with E-state index >= 15 is 0 Å². The summed E-state index contributed by atoms with van der Waals surface area (Å²) >= 11 is 9.73. The van der Waals surface area contributed by atoms with Crippen LogP contribution in [0.2, 0.25) is 0 Å². The van der Waals surface area contributed by atoms with Gasteiger partial charge in [-0.15, -0.1) is 12.6 Å². The lowest BCUT2D eigenvalue weighted by Gasteiger charge is -2.32. The summed E-state index contributed by atoms with van der Waals surface area (Å²) in [4.78, 5) is 13.4. The van der Waals surface area contributed by atoms with E-state index < -0.39 is 12.0 Å². The largest absolute Gasteiger partial charge is 0.480 e. The van der Waals surface area contributed by atoms with E-state index in [0.717, 1.165) is 22.5 Å². The van der Waals surface area contributed by atoms with Crippen LogP contribution in [-0.2, 0) is 4.79 Å². The topological polar surface area (TPSA) is 93.4 Å². The smallest absolute Gasteiger partial charge is 0.326 e. The lowest BCUT2D eigenvalue weighted by molar-refractivity contribution is -0.138. The molecule has 1 aliphatic rings. The number of carbonyl (C=O) groups is 1. The van der Waals surface area contributed by atoms with Gasteiger partial charge in [-0.05, 0) is 36.2 Å². The Morgan fingerprint density at radius 3 is 2.84 bits per heavy atom. The van der Waals surface area contributed by atoms with Gasteiger partial charge in [0.15, 0.2) is 6.73 Å². The van der Waals surface area contributed by atoms with Gasteiger partial charge in [-0.2, -0.15) is 0 Å². The number of benzene rings is 2. The predicted molar refractivity (Wildman–Crippen MR) is 127 cm³/mol. The quantitative estimate of drug-likeness (QED) is 0.154. The van der Waals surface area contributed by atoms with Crippen LogP contribution in [0.4, 0.5) is 11.4 Å². The molecule has 4 N–H and O–H groups in total. The first kappa shape index (κ1) is 21.1. The summed E-state index contributed by atoms with van der Waals surface area (Å²) in [7, 11) is 0. The minimum atomic E-state index is -0.830. The number of aromatic amines is 2. The normalized spacial score (nSPS) is 15.6. The molecular weight excluding hydrogens is 432 g/mol. The summed E-state index contributed by atoms with van der Waals surface area (Å²) in [5.74, 6) is -0.172. The monoisotopic (exact) mass is 454 g/mol. The first-order valence-electron chi connectivity index (χ1n) is 9.74. The molecule has 0 saturated heterocycles. The minimum absolute atomic E-state index is 0.253. The van der Waals surface area contributed by atoms with Gasteiger partial charge >= 0.3 is 5.97 Å². The summed E-state index contributed by atoms with van der Waals surface area (Å²) in [5.41, 5.74) is 3.49. The molecule has 0 aliphatic carbocycles. The zero-order valence-electron chi connectivity index (χ0n) is 16.5. The number of carboxylic acid groups (broad SMARTS) is 1. The van der Waals surface area contributed by atoms with Crippen LogP contribution in [0.15, 0.2) is 65.7 Å². The van der Waals surface area contributed by atoms with Crippen molar-refractivity contribution in [3.63, 3.8) is 0 Å². The van der Waals surface area contributed by atoms with Crippen LogP contribution in [0.3, 0.4) is 0 Å². The number of aromatic nitrogens is 2. The number of anilines is 2. The first-order valence-corrected chi connectivity index (χ1v) is 10.6. The Morgan fingerprint density at radius 2 is 2.06 bits per heavy atom. The van der Waals surface area contributed by atoms with Crippen molar-refractivity contribution in [1.82, 2.24) is 10.2 Å². The number of nitrogens with one attached hydrogen (secondary N) is 3. The Bertz CT molecular complexity index is 1170. The van der Waals surface area contributed by atoms with Crippen LogP contribution in [-0.4, -0.2) is 40.6 Å². The summed E-state index contributed by atoms with van der Waals surface area (Å²) in [6.07, 6.45) is 4.37. The van der Waals surface area contributed by atoms with E-state index in [1.54, 1.807) is 0 Å². The maximum absolute atomic E-state index is 11.6. The van der Waals surface area contributed by atoms with Crippen molar-refractivity contribution < 1.29 is 14.6 Å². The molecular formula is C22H22N4O3S2. The SMILES string of the molecule is O=C(O)C1CC=CCN1c1cccc(OCNc2cccc(-c3c(S)[nH][nH]c3=S)c2)c1. The van der Waals surface area contributed by atoms with E-state index in [1.807, 2.05) is 65.6 Å². The average molecular weight is 455 g/mol. The summed E-state index contributed by atoms with van der Waals surface area (Å²) in [6.45, 7) is 0.808. The third-order valence-electron chi connectivity index (χ3n) is 5.06. The van der Waals surface area contributed by atoms with Crippen molar-refractivity contribution >= 4 is 42.2 Å². The minimum Gasteiger partial charge on any atom is -0.480 e. The predicted octanol–water partition coefficient (Wildman–Crippen LogP) is 4.70. The van der Waals surface area contributed by atoms with Crippen molar-refractivity contribution in [2.24, 2.45) is 0 Å². The van der Waals surface area contributed by atoms with Crippen LogP contribution in [0.1, 0.15) is 6.42 Å². The molecule has 0 fully saturated rings. The number of rotatable bonds is 7. The maximum Gasteiger partial charge on any atom is 0.326 e. The van der Waals surface area contributed by atoms with Gasteiger partial charge in [0.1, 0.15) is 16.4 Å². The second kappa shape index (κ2) is 9.32. The van der Waals surface area contributed by atoms with Gasteiger partial charge in [0.2, 0.25) is 0 Å². The first-order chi connectivity index (χ1) is 15.0. The molecule has 1 aliphatic heterocycles. The number of nitrogens with zero attached hydrogens (tertiary/aromatic N) is 1. The van der Waals surface area contributed by atoms with Crippen molar-refractivity contribution in [1.29, 1.82) is 0 Å². The molecule has 1 atom stereocenters. The molecule has 160 valence electrons. The molecule has 31 heavy (non-hydrogen) atoms. The summed E-state index contributed by atoms with van der Waals surface area (Å²) < 4.78 is 6.46. The zero-order chi connectivity index (χ0) is 21.8. The van der Waals surface area contributed by atoms with Crippen molar-refractivity contribution in [3.05, 3.63) is 65.3 Å². The average Bonchev–Trinajstić information content (AvgIpc) is 3.12. The molecule has 7 nitrogen and oxygen atoms in total. The number of H-pyrrole nitrogens is 2. The Kier molecular flexibility index (Phi) is 6.34. The molecule has 2 aromatic carbocycles. The summed E-state index contributed by atoms with van der Waals surface area (Å²) in [6, 6.07) is 14.7. The van der Waals surface area contributed by atoms with Gasteiger partial charge in [0.05, 0.1) is 5.03 Å². The van der Waals surface area contributed by atoms with E-state index in [-0.39, 0.29) is 6.73 Å². The molecule has 1 unspecified atom stereocenters. The van der Waals surface area contributed by atoms with E-state index in [9.17, 15) is 9.90 Å². The van der Waals surface area contributed by atoms with Crippen LogP contribution < -0.4 is 15.0 Å². The third kappa shape index (κ3) is 4.78. The van der Waals surface area contributed by atoms with Crippen molar-refractivity contribution in [2.75, 3.05) is 23.5 Å². The fourth-order valence-corrected chi connectivity index (χ4v) is 4.19. The number of carboxylic acids is 1. The molecule has 0 radical (unpaired) electrons. The van der Waals surface area contributed by atoms with E-state index in [1.165, 1.54) is 0 Å². The van der Waals surface area contributed by atoms with Crippen molar-refractivity contribution in [2.45, 2.75) is 17.5 Å². The fraction of sp³-hybridized carbons (Fsp3) is 0.182. The van der Waals surface area contributed by atoms with Gasteiger partial charge in [0.25, 0.3) is 0 Å². The van der Waals surface area contributed by atoms with Crippen LogP contribution >= 0.6 is 24.8 Å². The van der Waals surface area contributed by atoms with Gasteiger partial charge in [-0.3, -0.25) is 10.2 Å². The van der Waals surface area contributed by atoms with E-state index in [4.69, 9.17) is 17.0 Å². The lowest BCUT2D eigenvalue weighted by atomic mass is 10.1. The maximum atomic E-state index is 11.6. The Labute approximate surface area is 190 Å². The molecule has 0 saturated carbocycles. The van der Waals surface area contributed by atoms with Gasteiger partial charge in [-0.25, -0.2) is 4.79 Å². The molecule has 4 rings (SSSR count). The number of ether oxygens (including phenoxy) is 1. The third-order valence-corrected chi connectivity index (χ3v) is 5.70. The highest BCUT2D eigenvalue weighted by Gasteiger charge is 2.26. The molecule has 0 bridgehead atoms. The number of thiol groups is 1. The second-order valence-corrected chi connectivity index (χ2v) is 7.92. The van der Waals surface area contributed by atoms with Crippen LogP contribution in [0, 0.1) is 4.64 Å². The molecule has 1 aromatic heterocycles. The molecule has 3 aromatic rings.